The molecule has 0 N–H and O–H groups in total. The number of amides is 1. The highest BCUT2D eigenvalue weighted by Gasteiger charge is 2.26. The highest BCUT2D eigenvalue weighted by atomic mass is 32.2. The zero-order valence-electron chi connectivity index (χ0n) is 15.9. The molecular formula is C20H22N4O2S2. The maximum atomic E-state index is 12.9. The van der Waals surface area contributed by atoms with E-state index >= 15 is 0 Å². The monoisotopic (exact) mass is 414 g/mol. The van der Waals surface area contributed by atoms with Crippen LogP contribution in [0, 0.1) is 0 Å². The topological polar surface area (TPSA) is 58.6 Å². The molecule has 1 aliphatic heterocycles. The molecule has 3 heterocycles. The second kappa shape index (κ2) is 8.36. The average molecular weight is 415 g/mol. The number of carbonyl (C=O) groups excluding carboxylic acids is 1. The van der Waals surface area contributed by atoms with Crippen LogP contribution in [0.25, 0.3) is 10.2 Å². The predicted molar refractivity (Wildman–Crippen MR) is 115 cm³/mol. The molecule has 0 bridgehead atoms. The first-order chi connectivity index (χ1) is 13.7. The molecule has 146 valence electrons. The molecule has 3 aromatic rings. The van der Waals surface area contributed by atoms with Gasteiger partial charge in [0.2, 0.25) is 5.91 Å². The van der Waals surface area contributed by atoms with Crippen LogP contribution in [0.4, 0.5) is 5.82 Å². The molecule has 1 fully saturated rings. The van der Waals surface area contributed by atoms with Gasteiger partial charge in [0.25, 0.3) is 0 Å². The number of methoxy groups -OCH3 is 1. The highest BCUT2D eigenvalue weighted by Crippen LogP contribution is 2.29. The summed E-state index contributed by atoms with van der Waals surface area (Å²) in [6, 6.07) is 9.90. The molecule has 0 spiro atoms. The van der Waals surface area contributed by atoms with Crippen molar-refractivity contribution >= 4 is 45.0 Å². The minimum atomic E-state index is -0.123. The number of thioether (sulfide) groups is 1. The van der Waals surface area contributed by atoms with Crippen LogP contribution in [0.3, 0.4) is 0 Å². The van der Waals surface area contributed by atoms with Gasteiger partial charge in [-0.15, -0.1) is 23.1 Å². The van der Waals surface area contributed by atoms with Crippen molar-refractivity contribution in [3.8, 4) is 5.75 Å². The summed E-state index contributed by atoms with van der Waals surface area (Å²) in [4.78, 5) is 28.0. The molecule has 2 aromatic heterocycles. The number of carbonyl (C=O) groups is 1. The fourth-order valence-electron chi connectivity index (χ4n) is 3.33. The van der Waals surface area contributed by atoms with Crippen LogP contribution in [0.2, 0.25) is 0 Å². The number of anilines is 1. The first-order valence-corrected chi connectivity index (χ1v) is 10.9. The molecule has 1 aromatic carbocycles. The predicted octanol–water partition coefficient (Wildman–Crippen LogP) is 3.53. The number of benzene rings is 1. The van der Waals surface area contributed by atoms with Gasteiger partial charge in [0, 0.05) is 31.1 Å². The van der Waals surface area contributed by atoms with E-state index in [0.29, 0.717) is 13.1 Å². The summed E-state index contributed by atoms with van der Waals surface area (Å²) in [7, 11) is 1.65. The summed E-state index contributed by atoms with van der Waals surface area (Å²) in [6.45, 7) is 4.97. The summed E-state index contributed by atoms with van der Waals surface area (Å²) in [5, 5.41) is 3.01. The normalized spacial score (nSPS) is 15.6. The second-order valence-electron chi connectivity index (χ2n) is 6.58. The summed E-state index contributed by atoms with van der Waals surface area (Å²) in [5.74, 6) is 1.98. The molecule has 1 unspecified atom stereocenters. The van der Waals surface area contributed by atoms with Crippen molar-refractivity contribution < 1.29 is 9.53 Å². The Bertz CT molecular complexity index is 952. The van der Waals surface area contributed by atoms with Crippen LogP contribution >= 0.6 is 23.1 Å². The van der Waals surface area contributed by atoms with Crippen LogP contribution in [-0.4, -0.2) is 59.3 Å². The number of piperazine rings is 1. The Hall–Kier alpha value is -2.32. The maximum absolute atomic E-state index is 12.9. The van der Waals surface area contributed by atoms with Gasteiger partial charge < -0.3 is 14.5 Å². The van der Waals surface area contributed by atoms with Crippen molar-refractivity contribution in [2.75, 3.05) is 38.2 Å². The Morgan fingerprint density at radius 3 is 2.61 bits per heavy atom. The molecular weight excluding hydrogens is 392 g/mol. The van der Waals surface area contributed by atoms with Crippen LogP contribution in [0.1, 0.15) is 6.92 Å². The third kappa shape index (κ3) is 3.93. The Balaban J connectivity index is 1.36. The largest absolute Gasteiger partial charge is 0.497 e. The molecule has 1 atom stereocenters. The molecule has 8 heteroatoms. The smallest absolute Gasteiger partial charge is 0.235 e. The van der Waals surface area contributed by atoms with Gasteiger partial charge in [-0.25, -0.2) is 9.97 Å². The zero-order valence-corrected chi connectivity index (χ0v) is 17.5. The number of rotatable bonds is 5. The summed E-state index contributed by atoms with van der Waals surface area (Å²) in [5.41, 5.74) is 0. The molecule has 28 heavy (non-hydrogen) atoms. The van der Waals surface area contributed by atoms with Crippen molar-refractivity contribution in [2.45, 2.75) is 17.1 Å². The van der Waals surface area contributed by atoms with E-state index in [4.69, 9.17) is 4.74 Å². The van der Waals surface area contributed by atoms with Crippen molar-refractivity contribution in [2.24, 2.45) is 0 Å². The van der Waals surface area contributed by atoms with E-state index in [2.05, 4.69) is 20.9 Å². The van der Waals surface area contributed by atoms with Crippen LogP contribution < -0.4 is 9.64 Å². The number of ether oxygens (including phenoxy) is 1. The summed E-state index contributed by atoms with van der Waals surface area (Å²) in [6.07, 6.45) is 1.62. The van der Waals surface area contributed by atoms with E-state index in [9.17, 15) is 4.79 Å². The minimum absolute atomic E-state index is 0.123. The lowest BCUT2D eigenvalue weighted by molar-refractivity contribution is -0.130. The highest BCUT2D eigenvalue weighted by molar-refractivity contribution is 8.00. The van der Waals surface area contributed by atoms with Crippen molar-refractivity contribution in [3.63, 3.8) is 0 Å². The van der Waals surface area contributed by atoms with Gasteiger partial charge in [-0.2, -0.15) is 0 Å². The number of nitrogens with zero attached hydrogens (tertiary/aromatic N) is 4. The van der Waals surface area contributed by atoms with Crippen LogP contribution in [0.15, 0.2) is 46.9 Å². The fraction of sp³-hybridized carbons (Fsp3) is 0.350. The zero-order chi connectivity index (χ0) is 19.5. The SMILES string of the molecule is COc1ccc(SC(C)C(=O)N2CCN(c3ncnc4sccc34)CC2)cc1. The second-order valence-corrected chi connectivity index (χ2v) is 8.89. The number of aromatic nitrogens is 2. The van der Waals surface area contributed by atoms with E-state index in [-0.39, 0.29) is 11.2 Å². The van der Waals surface area contributed by atoms with E-state index in [1.807, 2.05) is 41.5 Å². The first kappa shape index (κ1) is 19.0. The first-order valence-electron chi connectivity index (χ1n) is 9.18. The summed E-state index contributed by atoms with van der Waals surface area (Å²) < 4.78 is 5.19. The van der Waals surface area contributed by atoms with Crippen molar-refractivity contribution in [3.05, 3.63) is 42.0 Å². The van der Waals surface area contributed by atoms with Crippen molar-refractivity contribution in [1.82, 2.24) is 14.9 Å². The molecule has 1 saturated heterocycles. The van der Waals surface area contributed by atoms with Crippen LogP contribution in [-0.2, 0) is 4.79 Å². The van der Waals surface area contributed by atoms with E-state index in [0.717, 1.165) is 39.8 Å². The molecule has 6 nitrogen and oxygen atoms in total. The van der Waals surface area contributed by atoms with Crippen molar-refractivity contribution in [1.29, 1.82) is 0 Å². The fourth-order valence-corrected chi connectivity index (χ4v) is 5.01. The van der Waals surface area contributed by atoms with E-state index in [1.165, 1.54) is 0 Å². The standard InChI is InChI=1S/C20H22N4O2S2/c1-14(28-16-5-3-15(26-2)4-6-16)20(25)24-10-8-23(9-11-24)18-17-7-12-27-19(17)22-13-21-18/h3-7,12-14H,8-11H2,1-2H3. The van der Waals surface area contributed by atoms with Gasteiger partial charge in [-0.05, 0) is 42.6 Å². The third-order valence-corrected chi connectivity index (χ3v) is 6.77. The number of hydrogen-bond donors (Lipinski definition) is 0. The number of fused-ring (bicyclic) bond motifs is 1. The number of thiophene rings is 1. The Labute approximate surface area is 172 Å². The quantitative estimate of drug-likeness (QED) is 0.596. The molecule has 4 rings (SSSR count). The molecule has 1 aliphatic rings. The van der Waals surface area contributed by atoms with E-state index in [1.54, 1.807) is 36.5 Å². The molecule has 1 amide bonds. The lowest BCUT2D eigenvalue weighted by Gasteiger charge is -2.36. The number of hydrogen-bond acceptors (Lipinski definition) is 7. The lowest BCUT2D eigenvalue weighted by Crippen LogP contribution is -2.51. The van der Waals surface area contributed by atoms with Gasteiger partial charge >= 0.3 is 0 Å². The van der Waals surface area contributed by atoms with Gasteiger partial charge in [-0.3, -0.25) is 4.79 Å². The molecule has 0 aliphatic carbocycles. The molecule has 0 radical (unpaired) electrons. The van der Waals surface area contributed by atoms with Gasteiger partial charge in [0.1, 0.15) is 22.7 Å². The average Bonchev–Trinajstić information content (AvgIpc) is 3.23. The Kier molecular flexibility index (Phi) is 5.68. The van der Waals surface area contributed by atoms with Gasteiger partial charge in [0.05, 0.1) is 17.7 Å². The Morgan fingerprint density at radius 1 is 1.14 bits per heavy atom. The third-order valence-electron chi connectivity index (χ3n) is 4.85. The van der Waals surface area contributed by atoms with Gasteiger partial charge in [-0.1, -0.05) is 0 Å². The minimum Gasteiger partial charge on any atom is -0.497 e. The van der Waals surface area contributed by atoms with Gasteiger partial charge in [0.15, 0.2) is 0 Å². The lowest BCUT2D eigenvalue weighted by atomic mass is 10.2. The van der Waals surface area contributed by atoms with Crippen LogP contribution in [0.5, 0.6) is 5.75 Å². The summed E-state index contributed by atoms with van der Waals surface area (Å²) >= 11 is 3.21. The Morgan fingerprint density at radius 2 is 1.89 bits per heavy atom. The van der Waals surface area contributed by atoms with E-state index < -0.39 is 0 Å². The molecule has 0 saturated carbocycles. The maximum Gasteiger partial charge on any atom is 0.235 e.